The molecule has 3 aliphatic heterocycles. The van der Waals surface area contributed by atoms with Crippen molar-refractivity contribution in [1.82, 2.24) is 4.90 Å². The number of carbonyl (C=O) groups is 3. The summed E-state index contributed by atoms with van der Waals surface area (Å²) in [5, 5.41) is 0. The van der Waals surface area contributed by atoms with Gasteiger partial charge in [0.1, 0.15) is 5.92 Å². The first kappa shape index (κ1) is 22.7. The molecule has 3 heterocycles. The van der Waals surface area contributed by atoms with Gasteiger partial charge in [0.2, 0.25) is 11.8 Å². The van der Waals surface area contributed by atoms with Crippen LogP contribution in [-0.2, 0) is 30.0 Å². The maximum atomic E-state index is 13.5. The van der Waals surface area contributed by atoms with E-state index in [0.29, 0.717) is 0 Å². The normalized spacial score (nSPS) is 36.2. The standard InChI is InChI=1S/C22H25F3N2O5/c1-10-7-8-11(9-12(10)22(23,24)25)27-17(28)13-14(18(27)29)21(3)16(26(4)5)15(19(30)31-6)20(13,2)32-21/h7-9,13-16H,1-6H3/t13-,14+,15-,16+,20?,21?/m0/s1. The predicted molar refractivity (Wildman–Crippen MR) is 107 cm³/mol. The first-order chi connectivity index (χ1) is 14.7. The van der Waals surface area contributed by atoms with E-state index in [-0.39, 0.29) is 11.3 Å². The molecule has 2 unspecified atom stereocenters. The van der Waals surface area contributed by atoms with Crippen molar-refractivity contribution >= 4 is 23.5 Å². The van der Waals surface area contributed by atoms with Crippen LogP contribution in [0.5, 0.6) is 0 Å². The Labute approximate surface area is 183 Å². The van der Waals surface area contributed by atoms with Crippen LogP contribution >= 0.6 is 0 Å². The Hall–Kier alpha value is -2.46. The Morgan fingerprint density at radius 3 is 2.19 bits per heavy atom. The summed E-state index contributed by atoms with van der Waals surface area (Å²) < 4.78 is 51.6. The highest BCUT2D eigenvalue weighted by atomic mass is 19.4. The van der Waals surface area contributed by atoms with Crippen molar-refractivity contribution in [3.05, 3.63) is 29.3 Å². The zero-order chi connectivity index (χ0) is 24.0. The van der Waals surface area contributed by atoms with Gasteiger partial charge in [-0.3, -0.25) is 14.4 Å². The molecule has 3 saturated heterocycles. The summed E-state index contributed by atoms with van der Waals surface area (Å²) in [6.07, 6.45) is -4.63. The van der Waals surface area contributed by atoms with Crippen LogP contribution in [0.1, 0.15) is 25.0 Å². The summed E-state index contributed by atoms with van der Waals surface area (Å²) >= 11 is 0. The molecule has 7 nitrogen and oxygen atoms in total. The first-order valence-corrected chi connectivity index (χ1v) is 10.2. The molecule has 6 atom stereocenters. The second-order valence-electron chi connectivity index (χ2n) is 9.34. The lowest BCUT2D eigenvalue weighted by molar-refractivity contribution is -0.155. The largest absolute Gasteiger partial charge is 0.469 e. The van der Waals surface area contributed by atoms with Gasteiger partial charge in [-0.1, -0.05) is 6.07 Å². The van der Waals surface area contributed by atoms with Gasteiger partial charge in [0.25, 0.3) is 0 Å². The Kier molecular flexibility index (Phi) is 4.81. The van der Waals surface area contributed by atoms with E-state index in [0.717, 1.165) is 11.0 Å². The number of alkyl halides is 3. The molecule has 0 aromatic heterocycles. The van der Waals surface area contributed by atoms with Gasteiger partial charge in [-0.15, -0.1) is 0 Å². The number of methoxy groups -OCH3 is 1. The number of ether oxygens (including phenoxy) is 2. The zero-order valence-electron chi connectivity index (χ0n) is 18.6. The number of aryl methyl sites for hydroxylation is 1. The van der Waals surface area contributed by atoms with Gasteiger partial charge in [-0.2, -0.15) is 13.2 Å². The molecule has 0 radical (unpaired) electrons. The van der Waals surface area contributed by atoms with Crippen molar-refractivity contribution in [1.29, 1.82) is 0 Å². The van der Waals surface area contributed by atoms with E-state index in [4.69, 9.17) is 9.47 Å². The summed E-state index contributed by atoms with van der Waals surface area (Å²) in [6.45, 7) is 4.59. The third-order valence-corrected chi connectivity index (χ3v) is 7.30. The molecule has 0 aliphatic carbocycles. The molecule has 0 N–H and O–H groups in total. The number of esters is 1. The average molecular weight is 454 g/mol. The zero-order valence-corrected chi connectivity index (χ0v) is 18.6. The van der Waals surface area contributed by atoms with Crippen molar-refractivity contribution in [2.24, 2.45) is 17.8 Å². The number of anilines is 1. The monoisotopic (exact) mass is 454 g/mol. The predicted octanol–water partition coefficient (Wildman–Crippen LogP) is 2.40. The van der Waals surface area contributed by atoms with Crippen LogP contribution in [0.15, 0.2) is 18.2 Å². The SMILES string of the molecule is COC(=O)[C@@H]1[C@@H](N(C)C)C2(C)OC1(C)[C@@H]1C(=O)N(c3ccc(C)c(C(F)(F)F)c3)C(=O)[C@@H]12. The Morgan fingerprint density at radius 1 is 1.12 bits per heavy atom. The fourth-order valence-corrected chi connectivity index (χ4v) is 6.18. The summed E-state index contributed by atoms with van der Waals surface area (Å²) in [6, 6.07) is 2.82. The van der Waals surface area contributed by atoms with Crippen LogP contribution < -0.4 is 4.90 Å². The third kappa shape index (κ3) is 2.71. The molecular weight excluding hydrogens is 429 g/mol. The minimum absolute atomic E-state index is 0.0127. The third-order valence-electron chi connectivity index (χ3n) is 7.30. The molecule has 10 heteroatoms. The van der Waals surface area contributed by atoms with Gasteiger partial charge in [0.05, 0.1) is 47.4 Å². The van der Waals surface area contributed by atoms with E-state index in [1.54, 1.807) is 32.8 Å². The maximum absolute atomic E-state index is 13.5. The highest BCUT2D eigenvalue weighted by Gasteiger charge is 2.81. The second-order valence-corrected chi connectivity index (χ2v) is 9.34. The number of amides is 2. The fourth-order valence-electron chi connectivity index (χ4n) is 6.18. The van der Waals surface area contributed by atoms with E-state index in [1.807, 2.05) is 0 Å². The summed E-state index contributed by atoms with van der Waals surface area (Å²) in [5.74, 6) is -4.68. The van der Waals surface area contributed by atoms with Crippen LogP contribution in [0.25, 0.3) is 0 Å². The average Bonchev–Trinajstić information content (AvgIpc) is 3.19. The molecule has 2 amide bonds. The molecule has 1 aromatic rings. The van der Waals surface area contributed by atoms with Crippen molar-refractivity contribution in [3.8, 4) is 0 Å². The lowest BCUT2D eigenvalue weighted by Crippen LogP contribution is -2.61. The van der Waals surface area contributed by atoms with Crippen LogP contribution in [0, 0.1) is 24.7 Å². The molecule has 174 valence electrons. The van der Waals surface area contributed by atoms with Crippen LogP contribution in [0.2, 0.25) is 0 Å². The Bertz CT molecular complexity index is 1030. The molecule has 2 bridgehead atoms. The lowest BCUT2D eigenvalue weighted by Gasteiger charge is -2.42. The van der Waals surface area contributed by atoms with Gasteiger partial charge in [-0.25, -0.2) is 4.90 Å². The number of nitrogens with zero attached hydrogens (tertiary/aromatic N) is 2. The number of likely N-dealkylation sites (N-methyl/N-ethyl adjacent to an activating group) is 1. The number of carbonyl (C=O) groups excluding carboxylic acids is 3. The highest BCUT2D eigenvalue weighted by Crippen LogP contribution is 2.64. The molecular formula is C22H25F3N2O5. The summed E-state index contributed by atoms with van der Waals surface area (Å²) in [5.41, 5.74) is -3.62. The van der Waals surface area contributed by atoms with Gasteiger partial charge >= 0.3 is 12.1 Å². The number of halogens is 3. The Morgan fingerprint density at radius 2 is 1.69 bits per heavy atom. The van der Waals surface area contributed by atoms with Crippen molar-refractivity contribution in [2.45, 2.75) is 44.2 Å². The van der Waals surface area contributed by atoms with E-state index < -0.39 is 64.5 Å². The van der Waals surface area contributed by atoms with Crippen molar-refractivity contribution in [3.63, 3.8) is 0 Å². The molecule has 0 saturated carbocycles. The molecule has 32 heavy (non-hydrogen) atoms. The van der Waals surface area contributed by atoms with Crippen molar-refractivity contribution in [2.75, 3.05) is 26.1 Å². The quantitative estimate of drug-likeness (QED) is 0.516. The number of benzene rings is 1. The van der Waals surface area contributed by atoms with Gasteiger partial charge in [-0.05, 0) is 52.6 Å². The lowest BCUT2D eigenvalue weighted by atomic mass is 9.61. The minimum atomic E-state index is -4.63. The van der Waals surface area contributed by atoms with Gasteiger partial charge in [0.15, 0.2) is 0 Å². The molecule has 4 rings (SSSR count). The van der Waals surface area contributed by atoms with Crippen LogP contribution in [-0.4, -0.2) is 61.1 Å². The number of fused-ring (bicyclic) bond motifs is 5. The Balaban J connectivity index is 1.84. The minimum Gasteiger partial charge on any atom is -0.469 e. The number of hydrogen-bond acceptors (Lipinski definition) is 6. The summed E-state index contributed by atoms with van der Waals surface area (Å²) in [7, 11) is 4.72. The highest BCUT2D eigenvalue weighted by molar-refractivity contribution is 6.23. The van der Waals surface area contributed by atoms with E-state index in [9.17, 15) is 27.6 Å². The first-order valence-electron chi connectivity index (χ1n) is 10.2. The maximum Gasteiger partial charge on any atom is 0.416 e. The number of rotatable bonds is 3. The second kappa shape index (κ2) is 6.77. The van der Waals surface area contributed by atoms with E-state index >= 15 is 0 Å². The summed E-state index contributed by atoms with van der Waals surface area (Å²) in [4.78, 5) is 42.3. The number of hydrogen-bond donors (Lipinski definition) is 0. The van der Waals surface area contributed by atoms with E-state index in [2.05, 4.69) is 0 Å². The van der Waals surface area contributed by atoms with Crippen LogP contribution in [0.4, 0.5) is 18.9 Å². The van der Waals surface area contributed by atoms with Crippen LogP contribution in [0.3, 0.4) is 0 Å². The molecule has 3 fully saturated rings. The van der Waals surface area contributed by atoms with Crippen molar-refractivity contribution < 1.29 is 37.0 Å². The van der Waals surface area contributed by atoms with Gasteiger partial charge < -0.3 is 14.4 Å². The van der Waals surface area contributed by atoms with E-state index in [1.165, 1.54) is 26.2 Å². The fraction of sp³-hybridized carbons (Fsp3) is 0.591. The van der Waals surface area contributed by atoms with Gasteiger partial charge in [0, 0.05) is 0 Å². The molecule has 0 spiro atoms. The molecule has 3 aliphatic rings. The smallest absolute Gasteiger partial charge is 0.416 e. The topological polar surface area (TPSA) is 76.2 Å². The number of imide groups is 1. The molecule has 1 aromatic carbocycles.